The van der Waals surface area contributed by atoms with Crippen LogP contribution in [-0.4, -0.2) is 16.6 Å². The molecule has 0 bridgehead atoms. The number of para-hydroxylation sites is 1. The summed E-state index contributed by atoms with van der Waals surface area (Å²) in [5.74, 6) is -0.414. The van der Waals surface area contributed by atoms with E-state index in [1.54, 1.807) is 6.20 Å². The van der Waals surface area contributed by atoms with Gasteiger partial charge in [0.2, 0.25) is 0 Å². The molecule has 3 rings (SSSR count). The van der Waals surface area contributed by atoms with Crippen molar-refractivity contribution in [2.45, 2.75) is 26.7 Å². The van der Waals surface area contributed by atoms with Gasteiger partial charge in [0, 0.05) is 29.1 Å². The Morgan fingerprint density at radius 1 is 1.32 bits per heavy atom. The first-order chi connectivity index (χ1) is 8.98. The topological polar surface area (TPSA) is 49.9 Å². The van der Waals surface area contributed by atoms with Crippen LogP contribution in [0.3, 0.4) is 0 Å². The van der Waals surface area contributed by atoms with E-state index < -0.39 is 5.92 Å². The van der Waals surface area contributed by atoms with Crippen LogP contribution >= 0.6 is 0 Å². The quantitative estimate of drug-likeness (QED) is 0.660. The average Bonchev–Trinajstić information content (AvgIpc) is 2.89. The molecule has 19 heavy (non-hydrogen) atoms. The lowest BCUT2D eigenvalue weighted by Gasteiger charge is -2.14. The summed E-state index contributed by atoms with van der Waals surface area (Å²) in [7, 11) is 0. The molecule has 0 amide bonds. The second kappa shape index (κ2) is 4.05. The molecular weight excluding hydrogens is 238 g/mol. The Kier molecular flexibility index (Phi) is 2.59. The number of benzene rings is 1. The minimum atomic E-state index is -0.464. The molecular formula is C16H17NO2. The van der Waals surface area contributed by atoms with E-state index in [1.807, 2.05) is 38.1 Å². The van der Waals surface area contributed by atoms with Crippen LogP contribution in [0.15, 0.2) is 30.5 Å². The fourth-order valence-corrected chi connectivity index (χ4v) is 3.04. The molecule has 1 aromatic carbocycles. The number of rotatable bonds is 2. The Labute approximate surface area is 112 Å². The summed E-state index contributed by atoms with van der Waals surface area (Å²) in [5.41, 5.74) is 1.53. The van der Waals surface area contributed by atoms with Gasteiger partial charge in [0.05, 0.1) is 5.92 Å². The number of Topliss-reactive ketones (excluding diaryl/α,β-unsaturated/α-hetero) is 2. The van der Waals surface area contributed by atoms with Crippen LogP contribution in [0, 0.1) is 11.3 Å². The van der Waals surface area contributed by atoms with Crippen LogP contribution in [0.5, 0.6) is 0 Å². The number of aromatic amines is 1. The van der Waals surface area contributed by atoms with E-state index in [0.717, 1.165) is 10.9 Å². The minimum absolute atomic E-state index is 0.0342. The minimum Gasteiger partial charge on any atom is -0.360 e. The molecule has 1 saturated carbocycles. The van der Waals surface area contributed by atoms with Crippen molar-refractivity contribution < 1.29 is 9.59 Å². The molecule has 3 heteroatoms. The molecule has 3 nitrogen and oxygen atoms in total. The number of hydrogen-bond acceptors (Lipinski definition) is 2. The van der Waals surface area contributed by atoms with Crippen LogP contribution in [-0.2, 0) is 4.79 Å². The molecule has 1 unspecified atom stereocenters. The van der Waals surface area contributed by atoms with Crippen molar-refractivity contribution in [2.24, 2.45) is 11.3 Å². The molecule has 2 aromatic rings. The average molecular weight is 255 g/mol. The molecule has 0 aliphatic heterocycles. The van der Waals surface area contributed by atoms with E-state index in [9.17, 15) is 9.59 Å². The van der Waals surface area contributed by atoms with Gasteiger partial charge in [-0.15, -0.1) is 0 Å². The number of fused-ring (bicyclic) bond motifs is 1. The van der Waals surface area contributed by atoms with Crippen molar-refractivity contribution in [3.05, 3.63) is 36.0 Å². The second-order valence-electron chi connectivity index (χ2n) is 6.18. The predicted octanol–water partition coefficient (Wildman–Crippen LogP) is 3.36. The van der Waals surface area contributed by atoms with Crippen LogP contribution in [0.25, 0.3) is 10.9 Å². The number of aromatic nitrogens is 1. The SMILES string of the molecule is CC1(C)CC(=O)C(C(=O)c2c[nH]c3ccccc23)C1. The van der Waals surface area contributed by atoms with E-state index in [4.69, 9.17) is 0 Å². The Balaban J connectivity index is 1.99. The number of H-pyrrole nitrogens is 1. The van der Waals surface area contributed by atoms with Gasteiger partial charge in [-0.2, -0.15) is 0 Å². The zero-order chi connectivity index (χ0) is 13.6. The van der Waals surface area contributed by atoms with Crippen LogP contribution in [0.4, 0.5) is 0 Å². The summed E-state index contributed by atoms with van der Waals surface area (Å²) in [4.78, 5) is 27.7. The van der Waals surface area contributed by atoms with Gasteiger partial charge < -0.3 is 4.98 Å². The Bertz CT molecular complexity index is 666. The molecule has 0 radical (unpaired) electrons. The van der Waals surface area contributed by atoms with Crippen molar-refractivity contribution in [1.82, 2.24) is 4.98 Å². The highest BCUT2D eigenvalue weighted by molar-refractivity contribution is 6.17. The lowest BCUT2D eigenvalue weighted by Crippen LogP contribution is -2.18. The Morgan fingerprint density at radius 3 is 2.74 bits per heavy atom. The van der Waals surface area contributed by atoms with Gasteiger partial charge in [0.1, 0.15) is 5.78 Å². The van der Waals surface area contributed by atoms with Gasteiger partial charge in [-0.3, -0.25) is 9.59 Å². The van der Waals surface area contributed by atoms with Gasteiger partial charge in [0.25, 0.3) is 0 Å². The normalized spacial score (nSPS) is 22.0. The molecule has 1 aliphatic rings. The predicted molar refractivity (Wildman–Crippen MR) is 74.1 cm³/mol. The number of carbonyl (C=O) groups excluding carboxylic acids is 2. The molecule has 1 N–H and O–H groups in total. The molecule has 1 atom stereocenters. The maximum atomic E-state index is 12.6. The molecule has 1 aliphatic carbocycles. The number of carbonyl (C=O) groups is 2. The summed E-state index contributed by atoms with van der Waals surface area (Å²) in [6.07, 6.45) is 2.89. The zero-order valence-electron chi connectivity index (χ0n) is 11.2. The van der Waals surface area contributed by atoms with Gasteiger partial charge in [-0.1, -0.05) is 32.0 Å². The molecule has 0 spiro atoms. The third-order valence-corrected chi connectivity index (χ3v) is 3.97. The smallest absolute Gasteiger partial charge is 0.175 e. The lowest BCUT2D eigenvalue weighted by molar-refractivity contribution is -0.119. The van der Waals surface area contributed by atoms with E-state index in [-0.39, 0.29) is 17.0 Å². The van der Waals surface area contributed by atoms with Gasteiger partial charge >= 0.3 is 0 Å². The van der Waals surface area contributed by atoms with Gasteiger partial charge in [0.15, 0.2) is 5.78 Å². The third kappa shape index (κ3) is 1.99. The van der Waals surface area contributed by atoms with Crippen molar-refractivity contribution >= 4 is 22.5 Å². The molecule has 1 heterocycles. The van der Waals surface area contributed by atoms with E-state index in [1.165, 1.54) is 0 Å². The first kappa shape index (κ1) is 12.2. The summed E-state index contributed by atoms with van der Waals surface area (Å²) >= 11 is 0. The molecule has 0 saturated heterocycles. The summed E-state index contributed by atoms with van der Waals surface area (Å²) < 4.78 is 0. The fraction of sp³-hybridized carbons (Fsp3) is 0.375. The first-order valence-corrected chi connectivity index (χ1v) is 6.61. The van der Waals surface area contributed by atoms with Crippen LogP contribution in [0.2, 0.25) is 0 Å². The van der Waals surface area contributed by atoms with Gasteiger partial charge in [-0.05, 0) is 17.9 Å². The van der Waals surface area contributed by atoms with Crippen molar-refractivity contribution in [3.8, 4) is 0 Å². The maximum absolute atomic E-state index is 12.6. The molecule has 1 fully saturated rings. The van der Waals surface area contributed by atoms with Gasteiger partial charge in [-0.25, -0.2) is 0 Å². The molecule has 1 aromatic heterocycles. The Hall–Kier alpha value is -1.90. The van der Waals surface area contributed by atoms with Crippen LogP contribution in [0.1, 0.15) is 37.0 Å². The highest BCUT2D eigenvalue weighted by Crippen LogP contribution is 2.40. The number of ketones is 2. The standard InChI is InChI=1S/C16H17NO2/c1-16(2)7-11(14(18)8-16)15(19)12-9-17-13-6-4-3-5-10(12)13/h3-6,9,11,17H,7-8H2,1-2H3. The zero-order valence-corrected chi connectivity index (χ0v) is 11.2. The number of nitrogens with one attached hydrogen (secondary N) is 1. The highest BCUT2D eigenvalue weighted by Gasteiger charge is 2.42. The first-order valence-electron chi connectivity index (χ1n) is 6.61. The number of hydrogen-bond donors (Lipinski definition) is 1. The van der Waals surface area contributed by atoms with Crippen molar-refractivity contribution in [1.29, 1.82) is 0 Å². The van der Waals surface area contributed by atoms with Crippen molar-refractivity contribution in [2.75, 3.05) is 0 Å². The maximum Gasteiger partial charge on any atom is 0.175 e. The monoisotopic (exact) mass is 255 g/mol. The summed E-state index contributed by atoms with van der Waals surface area (Å²) in [5, 5.41) is 0.907. The summed E-state index contributed by atoms with van der Waals surface area (Å²) in [6.45, 7) is 4.10. The summed E-state index contributed by atoms with van der Waals surface area (Å²) in [6, 6.07) is 7.69. The van der Waals surface area contributed by atoms with E-state index >= 15 is 0 Å². The van der Waals surface area contributed by atoms with Crippen LogP contribution < -0.4 is 0 Å². The largest absolute Gasteiger partial charge is 0.360 e. The highest BCUT2D eigenvalue weighted by atomic mass is 16.2. The third-order valence-electron chi connectivity index (χ3n) is 3.97. The van der Waals surface area contributed by atoms with Crippen molar-refractivity contribution in [3.63, 3.8) is 0 Å². The lowest BCUT2D eigenvalue weighted by atomic mass is 9.88. The Morgan fingerprint density at radius 2 is 2.05 bits per heavy atom. The van der Waals surface area contributed by atoms with E-state index in [0.29, 0.717) is 18.4 Å². The fourth-order valence-electron chi connectivity index (χ4n) is 3.04. The molecule has 98 valence electrons. The second-order valence-corrected chi connectivity index (χ2v) is 6.18. The van der Waals surface area contributed by atoms with E-state index in [2.05, 4.69) is 4.98 Å².